The fourth-order valence-corrected chi connectivity index (χ4v) is 2.05. The topological polar surface area (TPSA) is 266 Å². The molecular weight excluding hydrogens is 412 g/mol. The first-order valence-electron chi connectivity index (χ1n) is 8.42. The summed E-state index contributed by atoms with van der Waals surface area (Å²) in [6.07, 6.45) is -3.31. The van der Waals surface area contributed by atoms with Crippen LogP contribution in [0.25, 0.3) is 0 Å². The van der Waals surface area contributed by atoms with Crippen molar-refractivity contribution in [2.75, 3.05) is 6.61 Å². The lowest BCUT2D eigenvalue weighted by atomic mass is 10.1. The van der Waals surface area contributed by atoms with E-state index in [4.69, 9.17) is 21.1 Å². The van der Waals surface area contributed by atoms with Gasteiger partial charge in [-0.15, -0.1) is 0 Å². The smallest absolute Gasteiger partial charge is 0.328 e. The molecule has 0 aromatic heterocycles. The zero-order valence-corrected chi connectivity index (χ0v) is 15.8. The number of nitrogens with one attached hydrogen (secondary N) is 3. The summed E-state index contributed by atoms with van der Waals surface area (Å²) in [6.45, 7) is 0.0474. The van der Waals surface area contributed by atoms with E-state index >= 15 is 0 Å². The number of rotatable bonds is 13. The Bertz CT molecular complexity index is 681. The van der Waals surface area contributed by atoms with Crippen molar-refractivity contribution in [3.63, 3.8) is 0 Å². The van der Waals surface area contributed by atoms with Crippen LogP contribution in [-0.2, 0) is 28.8 Å². The maximum absolute atomic E-state index is 12.2. The Hall–Kier alpha value is -3.30. The summed E-state index contributed by atoms with van der Waals surface area (Å²) in [6, 6.07) is -6.89. The second-order valence-electron chi connectivity index (χ2n) is 6.17. The Morgan fingerprint density at radius 2 is 1.27 bits per heavy atom. The highest BCUT2D eigenvalue weighted by Crippen LogP contribution is 2.00. The van der Waals surface area contributed by atoms with Crippen molar-refractivity contribution in [2.24, 2.45) is 5.73 Å². The minimum Gasteiger partial charge on any atom is -0.481 e. The third kappa shape index (κ3) is 9.26. The second kappa shape index (κ2) is 12.3. The maximum Gasteiger partial charge on any atom is 0.328 e. The normalized spacial score (nSPS) is 15.6. The van der Waals surface area contributed by atoms with E-state index in [0.717, 1.165) is 6.92 Å². The Kier molecular flexibility index (Phi) is 10.9. The van der Waals surface area contributed by atoms with E-state index in [1.165, 1.54) is 0 Å². The lowest BCUT2D eigenvalue weighted by Crippen LogP contribution is -2.59. The number of carbonyl (C=O) groups is 6. The van der Waals surface area contributed by atoms with Gasteiger partial charge in [0.25, 0.3) is 0 Å². The number of amides is 3. The molecule has 0 aromatic carbocycles. The summed E-state index contributed by atoms with van der Waals surface area (Å²) in [4.78, 5) is 68.8. The van der Waals surface area contributed by atoms with E-state index in [1.807, 2.05) is 16.0 Å². The number of carboxylic acid groups (broad SMARTS) is 3. The molecule has 15 nitrogen and oxygen atoms in total. The minimum absolute atomic E-state index is 0.772. The molecule has 3 amide bonds. The number of aliphatic carboxylic acids is 3. The van der Waals surface area contributed by atoms with E-state index < -0.39 is 85.3 Å². The standard InChI is InChI=1S/C15H24N4O11/c1-5(21)11(15(29)30)19-13(27)7(3-10(24)25)17-14(28)8(4-20)18-12(26)6(16)2-9(22)23/h5-8,11,20-21H,2-4,16H2,1H3,(H,17,28)(H,18,26)(H,19,27)(H,22,23)(H,24,25)(H,29,30). The highest BCUT2D eigenvalue weighted by Gasteiger charge is 2.33. The van der Waals surface area contributed by atoms with E-state index in [2.05, 4.69) is 0 Å². The van der Waals surface area contributed by atoms with Crippen molar-refractivity contribution in [3.8, 4) is 0 Å². The number of aliphatic hydroxyl groups excluding tert-OH is 2. The average Bonchev–Trinajstić information content (AvgIpc) is 2.61. The monoisotopic (exact) mass is 436 g/mol. The maximum atomic E-state index is 12.2. The number of aliphatic hydroxyl groups is 2. The van der Waals surface area contributed by atoms with Gasteiger partial charge in [0, 0.05) is 0 Å². The van der Waals surface area contributed by atoms with Crippen molar-refractivity contribution in [1.29, 1.82) is 0 Å². The summed E-state index contributed by atoms with van der Waals surface area (Å²) in [7, 11) is 0. The molecule has 0 aliphatic heterocycles. The van der Waals surface area contributed by atoms with Crippen LogP contribution in [0.15, 0.2) is 0 Å². The molecule has 0 heterocycles. The highest BCUT2D eigenvalue weighted by molar-refractivity contribution is 5.96. The Morgan fingerprint density at radius 1 is 0.800 bits per heavy atom. The minimum atomic E-state index is -1.82. The average molecular weight is 436 g/mol. The molecule has 0 saturated heterocycles. The zero-order chi connectivity index (χ0) is 23.6. The van der Waals surface area contributed by atoms with Gasteiger partial charge in [-0.3, -0.25) is 24.0 Å². The predicted molar refractivity (Wildman–Crippen MR) is 94.7 cm³/mol. The molecule has 0 radical (unpaired) electrons. The number of carboxylic acids is 3. The summed E-state index contributed by atoms with van der Waals surface area (Å²) >= 11 is 0. The van der Waals surface area contributed by atoms with Crippen molar-refractivity contribution >= 4 is 35.6 Å². The molecule has 30 heavy (non-hydrogen) atoms. The lowest BCUT2D eigenvalue weighted by Gasteiger charge is -2.24. The first-order chi connectivity index (χ1) is 13.8. The largest absolute Gasteiger partial charge is 0.481 e. The van der Waals surface area contributed by atoms with Crippen LogP contribution in [0, 0.1) is 0 Å². The summed E-state index contributed by atoms with van der Waals surface area (Å²) in [5.41, 5.74) is 5.32. The van der Waals surface area contributed by atoms with Crippen LogP contribution >= 0.6 is 0 Å². The van der Waals surface area contributed by atoms with Gasteiger partial charge < -0.3 is 47.2 Å². The van der Waals surface area contributed by atoms with E-state index in [1.54, 1.807) is 0 Å². The highest BCUT2D eigenvalue weighted by atomic mass is 16.4. The van der Waals surface area contributed by atoms with Gasteiger partial charge in [0.2, 0.25) is 17.7 Å². The summed E-state index contributed by atoms with van der Waals surface area (Å²) in [5, 5.41) is 50.9. The van der Waals surface area contributed by atoms with Crippen LogP contribution in [0.2, 0.25) is 0 Å². The number of nitrogens with two attached hydrogens (primary N) is 1. The van der Waals surface area contributed by atoms with Crippen LogP contribution in [0.4, 0.5) is 0 Å². The molecule has 10 N–H and O–H groups in total. The molecule has 0 saturated carbocycles. The molecule has 0 bridgehead atoms. The fourth-order valence-electron chi connectivity index (χ4n) is 2.05. The van der Waals surface area contributed by atoms with Crippen molar-refractivity contribution in [2.45, 2.75) is 50.0 Å². The van der Waals surface area contributed by atoms with Gasteiger partial charge in [0.1, 0.15) is 12.1 Å². The third-order valence-corrected chi connectivity index (χ3v) is 3.60. The second-order valence-corrected chi connectivity index (χ2v) is 6.17. The molecule has 15 heteroatoms. The number of hydrogen-bond donors (Lipinski definition) is 9. The molecule has 5 atom stereocenters. The molecule has 0 aliphatic carbocycles. The fraction of sp³-hybridized carbons (Fsp3) is 0.600. The van der Waals surface area contributed by atoms with Gasteiger partial charge in [-0.2, -0.15) is 0 Å². The van der Waals surface area contributed by atoms with Crippen molar-refractivity contribution in [3.05, 3.63) is 0 Å². The van der Waals surface area contributed by atoms with Gasteiger partial charge in [-0.05, 0) is 6.92 Å². The van der Waals surface area contributed by atoms with Gasteiger partial charge in [-0.25, -0.2) is 4.79 Å². The molecule has 0 rings (SSSR count). The first-order valence-corrected chi connectivity index (χ1v) is 8.42. The van der Waals surface area contributed by atoms with Crippen LogP contribution in [0.1, 0.15) is 19.8 Å². The van der Waals surface area contributed by atoms with E-state index in [-0.39, 0.29) is 0 Å². The third-order valence-electron chi connectivity index (χ3n) is 3.60. The zero-order valence-electron chi connectivity index (χ0n) is 15.8. The van der Waals surface area contributed by atoms with Gasteiger partial charge in [0.05, 0.1) is 31.6 Å². The van der Waals surface area contributed by atoms with E-state index in [0.29, 0.717) is 0 Å². The molecular formula is C15H24N4O11. The van der Waals surface area contributed by atoms with E-state index in [9.17, 15) is 39.0 Å². The van der Waals surface area contributed by atoms with Gasteiger partial charge in [-0.1, -0.05) is 0 Å². The quantitative estimate of drug-likeness (QED) is 0.132. The van der Waals surface area contributed by atoms with Crippen LogP contribution < -0.4 is 21.7 Å². The predicted octanol–water partition coefficient (Wildman–Crippen LogP) is -4.82. The molecule has 0 spiro atoms. The summed E-state index contributed by atoms with van der Waals surface area (Å²) < 4.78 is 0. The van der Waals surface area contributed by atoms with Gasteiger partial charge >= 0.3 is 17.9 Å². The SMILES string of the molecule is CC(O)C(NC(=O)C(CC(=O)O)NC(=O)C(CO)NC(=O)C(N)CC(=O)O)C(=O)O. The van der Waals surface area contributed by atoms with Crippen LogP contribution in [-0.4, -0.2) is 98.0 Å². The summed E-state index contributed by atoms with van der Waals surface area (Å²) in [5.74, 6) is -8.15. The molecule has 0 aliphatic rings. The Morgan fingerprint density at radius 3 is 1.67 bits per heavy atom. The molecule has 170 valence electrons. The molecule has 0 fully saturated rings. The first kappa shape index (κ1) is 26.7. The Balaban J connectivity index is 5.28. The van der Waals surface area contributed by atoms with Crippen LogP contribution in [0.5, 0.6) is 0 Å². The number of carbonyl (C=O) groups excluding carboxylic acids is 3. The van der Waals surface area contributed by atoms with Gasteiger partial charge in [0.15, 0.2) is 6.04 Å². The Labute approximate surface area is 169 Å². The van der Waals surface area contributed by atoms with Crippen molar-refractivity contribution in [1.82, 2.24) is 16.0 Å². The van der Waals surface area contributed by atoms with Crippen LogP contribution in [0.3, 0.4) is 0 Å². The van der Waals surface area contributed by atoms with Crippen molar-refractivity contribution < 1.29 is 54.3 Å². The lowest BCUT2D eigenvalue weighted by molar-refractivity contribution is -0.146. The molecule has 0 aromatic rings. The molecule has 5 unspecified atom stereocenters. The number of hydrogen-bond acceptors (Lipinski definition) is 9.